The van der Waals surface area contributed by atoms with Crippen LogP contribution in [0.4, 0.5) is 8.78 Å². The second-order valence-corrected chi connectivity index (χ2v) is 8.38. The van der Waals surface area contributed by atoms with Crippen LogP contribution >= 0.6 is 0 Å². The van der Waals surface area contributed by atoms with Crippen molar-refractivity contribution in [1.29, 1.82) is 0 Å². The van der Waals surface area contributed by atoms with Gasteiger partial charge in [0.15, 0.2) is 11.5 Å². The van der Waals surface area contributed by atoms with Gasteiger partial charge in [-0.1, -0.05) is 18.2 Å². The summed E-state index contributed by atoms with van der Waals surface area (Å²) in [4.78, 5) is 16.7. The second kappa shape index (κ2) is 7.84. The van der Waals surface area contributed by atoms with Crippen LogP contribution in [-0.2, 0) is 16.6 Å². The average Bonchev–Trinajstić information content (AvgIpc) is 3.15. The summed E-state index contributed by atoms with van der Waals surface area (Å²) < 4.78 is 52.6. The molecule has 0 aliphatic rings. The number of hydrogen-bond acceptors (Lipinski definition) is 6. The van der Waals surface area contributed by atoms with Crippen LogP contribution in [0, 0.1) is 0 Å². The third kappa shape index (κ3) is 4.31. The lowest BCUT2D eigenvalue weighted by Gasteiger charge is -2.07. The van der Waals surface area contributed by atoms with Gasteiger partial charge in [-0.05, 0) is 17.7 Å². The lowest BCUT2D eigenvalue weighted by Crippen LogP contribution is -2.21. The zero-order valence-corrected chi connectivity index (χ0v) is 16.5. The third-order valence-electron chi connectivity index (χ3n) is 4.29. The molecule has 3 heterocycles. The number of imidazole rings is 1. The zero-order chi connectivity index (χ0) is 21.3. The third-order valence-corrected chi connectivity index (χ3v) is 4.95. The number of nitrogens with one attached hydrogen (secondary N) is 1. The van der Waals surface area contributed by atoms with E-state index in [0.29, 0.717) is 22.9 Å². The Morgan fingerprint density at radius 3 is 2.73 bits per heavy atom. The molecule has 0 saturated heterocycles. The normalized spacial score (nSPS) is 12.0. The number of fused-ring (bicyclic) bond motifs is 1. The van der Waals surface area contributed by atoms with E-state index >= 15 is 0 Å². The maximum absolute atomic E-state index is 13.0. The minimum atomic E-state index is -3.31. The Bertz CT molecular complexity index is 1320. The van der Waals surface area contributed by atoms with E-state index in [9.17, 15) is 17.2 Å². The van der Waals surface area contributed by atoms with Crippen LogP contribution in [0.25, 0.3) is 28.4 Å². The number of sulfonamides is 1. The molecular weight excluding hydrogens is 414 g/mol. The zero-order valence-electron chi connectivity index (χ0n) is 15.7. The van der Waals surface area contributed by atoms with Gasteiger partial charge in [0.1, 0.15) is 11.4 Å². The predicted octanol–water partition coefficient (Wildman–Crippen LogP) is 2.84. The SMILES string of the molecule is CS(=O)(=O)NCc1cccc(-c2ccnc(-c3cnc4cnc(C(F)F)cn34)n2)c1. The Morgan fingerprint density at radius 1 is 1.13 bits per heavy atom. The topological polar surface area (TPSA) is 102 Å². The summed E-state index contributed by atoms with van der Waals surface area (Å²) in [5.41, 5.74) is 2.60. The number of benzene rings is 1. The van der Waals surface area contributed by atoms with Crippen molar-refractivity contribution in [2.45, 2.75) is 13.0 Å². The largest absolute Gasteiger partial charge is 0.294 e. The fourth-order valence-electron chi connectivity index (χ4n) is 2.88. The van der Waals surface area contributed by atoms with Crippen LogP contribution in [0.15, 0.2) is 55.1 Å². The van der Waals surface area contributed by atoms with Gasteiger partial charge < -0.3 is 0 Å². The molecule has 0 unspecified atom stereocenters. The fraction of sp³-hybridized carbons (Fsp3) is 0.158. The monoisotopic (exact) mass is 430 g/mol. The van der Waals surface area contributed by atoms with Gasteiger partial charge in [0.05, 0.1) is 24.3 Å². The van der Waals surface area contributed by atoms with Crippen LogP contribution in [-0.4, -0.2) is 39.0 Å². The van der Waals surface area contributed by atoms with Gasteiger partial charge in [-0.2, -0.15) is 0 Å². The van der Waals surface area contributed by atoms with Crippen molar-refractivity contribution in [3.63, 3.8) is 0 Å². The van der Waals surface area contributed by atoms with E-state index in [-0.39, 0.29) is 12.2 Å². The first-order valence-electron chi connectivity index (χ1n) is 8.79. The first-order chi connectivity index (χ1) is 14.3. The van der Waals surface area contributed by atoms with Gasteiger partial charge in [-0.15, -0.1) is 0 Å². The van der Waals surface area contributed by atoms with E-state index in [4.69, 9.17) is 0 Å². The van der Waals surface area contributed by atoms with Crippen LogP contribution in [0.2, 0.25) is 0 Å². The smallest absolute Gasteiger partial charge is 0.281 e. The number of hydrogen-bond donors (Lipinski definition) is 1. The number of halogens is 2. The molecule has 0 amide bonds. The van der Waals surface area contributed by atoms with E-state index in [1.54, 1.807) is 24.4 Å². The van der Waals surface area contributed by atoms with Gasteiger partial charge >= 0.3 is 0 Å². The Labute approximate surface area is 170 Å². The lowest BCUT2D eigenvalue weighted by molar-refractivity contribution is 0.145. The molecule has 4 aromatic rings. The number of nitrogens with zero attached hydrogens (tertiary/aromatic N) is 5. The average molecular weight is 430 g/mol. The molecule has 1 N–H and O–H groups in total. The van der Waals surface area contributed by atoms with E-state index in [0.717, 1.165) is 17.4 Å². The van der Waals surface area contributed by atoms with Gasteiger partial charge in [0.25, 0.3) is 6.43 Å². The van der Waals surface area contributed by atoms with Crippen molar-refractivity contribution in [2.24, 2.45) is 0 Å². The van der Waals surface area contributed by atoms with Crippen molar-refractivity contribution < 1.29 is 17.2 Å². The van der Waals surface area contributed by atoms with Crippen molar-refractivity contribution in [2.75, 3.05) is 6.26 Å². The highest BCUT2D eigenvalue weighted by Gasteiger charge is 2.15. The van der Waals surface area contributed by atoms with E-state index in [2.05, 4.69) is 24.7 Å². The molecule has 154 valence electrons. The van der Waals surface area contributed by atoms with Gasteiger partial charge in [-0.3, -0.25) is 4.40 Å². The van der Waals surface area contributed by atoms with Crippen molar-refractivity contribution in [3.8, 4) is 22.8 Å². The summed E-state index contributed by atoms with van der Waals surface area (Å²) in [7, 11) is -3.31. The number of rotatable bonds is 6. The molecule has 4 rings (SSSR count). The summed E-state index contributed by atoms with van der Waals surface area (Å²) in [6, 6.07) is 8.96. The van der Waals surface area contributed by atoms with Crippen LogP contribution in [0.1, 0.15) is 17.7 Å². The maximum Gasteiger partial charge on any atom is 0.281 e. The summed E-state index contributed by atoms with van der Waals surface area (Å²) in [6.07, 6.45) is 3.94. The van der Waals surface area contributed by atoms with Gasteiger partial charge in [-0.25, -0.2) is 41.9 Å². The van der Waals surface area contributed by atoms with Gasteiger partial charge in [0, 0.05) is 24.5 Å². The minimum Gasteiger partial charge on any atom is -0.294 e. The Balaban J connectivity index is 1.70. The Morgan fingerprint density at radius 2 is 1.97 bits per heavy atom. The van der Waals surface area contributed by atoms with Crippen molar-refractivity contribution in [1.82, 2.24) is 29.1 Å². The molecule has 11 heteroatoms. The highest BCUT2D eigenvalue weighted by molar-refractivity contribution is 7.88. The summed E-state index contributed by atoms with van der Waals surface area (Å²) in [5, 5.41) is 0. The molecular formula is C19H16F2N6O2S. The molecule has 0 aliphatic heterocycles. The highest BCUT2D eigenvalue weighted by Crippen LogP contribution is 2.24. The van der Waals surface area contributed by atoms with E-state index < -0.39 is 16.4 Å². The quantitative estimate of drug-likeness (QED) is 0.505. The highest BCUT2D eigenvalue weighted by atomic mass is 32.2. The van der Waals surface area contributed by atoms with Crippen molar-refractivity contribution in [3.05, 3.63) is 66.4 Å². The summed E-state index contributed by atoms with van der Waals surface area (Å²) >= 11 is 0. The fourth-order valence-corrected chi connectivity index (χ4v) is 3.31. The van der Waals surface area contributed by atoms with Crippen LogP contribution < -0.4 is 4.72 Å². The molecule has 0 saturated carbocycles. The Kier molecular flexibility index (Phi) is 5.22. The number of aromatic nitrogens is 5. The van der Waals surface area contributed by atoms with E-state index in [1.807, 2.05) is 12.1 Å². The lowest BCUT2D eigenvalue weighted by atomic mass is 10.1. The standard InChI is InChI=1S/C19H16F2N6O2S/c1-30(28,29)25-8-12-3-2-4-13(7-12)14-5-6-22-19(26-14)16-9-24-17-10-23-15(18(20)21)11-27(16)17/h2-7,9-11,18,25H,8H2,1H3. The second-order valence-electron chi connectivity index (χ2n) is 6.54. The molecule has 0 aliphatic carbocycles. The van der Waals surface area contributed by atoms with Crippen LogP contribution in [0.5, 0.6) is 0 Å². The van der Waals surface area contributed by atoms with Crippen molar-refractivity contribution >= 4 is 15.7 Å². The molecule has 3 aromatic heterocycles. The first kappa shape index (κ1) is 20.0. The molecule has 0 fully saturated rings. The predicted molar refractivity (Wildman–Crippen MR) is 106 cm³/mol. The summed E-state index contributed by atoms with van der Waals surface area (Å²) in [6.45, 7) is 0.154. The molecule has 0 bridgehead atoms. The molecule has 8 nitrogen and oxygen atoms in total. The summed E-state index contributed by atoms with van der Waals surface area (Å²) in [5.74, 6) is 0.311. The van der Waals surface area contributed by atoms with Gasteiger partial charge in [0.2, 0.25) is 10.0 Å². The minimum absolute atomic E-state index is 0.154. The Hall–Kier alpha value is -3.31. The van der Waals surface area contributed by atoms with E-state index in [1.165, 1.54) is 23.0 Å². The molecule has 0 atom stereocenters. The molecule has 0 radical (unpaired) electrons. The molecule has 1 aromatic carbocycles. The molecule has 30 heavy (non-hydrogen) atoms. The number of alkyl halides is 2. The molecule has 0 spiro atoms. The first-order valence-corrected chi connectivity index (χ1v) is 10.7. The maximum atomic E-state index is 13.0. The van der Waals surface area contributed by atoms with Crippen LogP contribution in [0.3, 0.4) is 0 Å².